The fraction of sp³-hybridized carbons (Fsp3) is 0.263. The summed E-state index contributed by atoms with van der Waals surface area (Å²) in [5.74, 6) is -0.898. The molecule has 27 heavy (non-hydrogen) atoms. The predicted octanol–water partition coefficient (Wildman–Crippen LogP) is 2.79. The van der Waals surface area contributed by atoms with Crippen LogP contribution in [0.3, 0.4) is 0 Å². The van der Waals surface area contributed by atoms with E-state index in [2.05, 4.69) is 5.32 Å². The molecule has 0 fully saturated rings. The summed E-state index contributed by atoms with van der Waals surface area (Å²) in [4.78, 5) is 24.6. The SMILES string of the molecule is COc1cc(C(=O)O[C@H](C)C(=O)Nc2ccccc2F)cc2c1OCCO2. The molecule has 0 aliphatic carbocycles. The van der Waals surface area contributed by atoms with Crippen LogP contribution in [0.4, 0.5) is 10.1 Å². The van der Waals surface area contributed by atoms with Gasteiger partial charge in [-0.25, -0.2) is 9.18 Å². The summed E-state index contributed by atoms with van der Waals surface area (Å²) in [6.45, 7) is 2.11. The summed E-state index contributed by atoms with van der Waals surface area (Å²) in [5, 5.41) is 2.38. The van der Waals surface area contributed by atoms with Crippen LogP contribution in [0.1, 0.15) is 17.3 Å². The van der Waals surface area contributed by atoms with Crippen LogP contribution in [0.2, 0.25) is 0 Å². The summed E-state index contributed by atoms with van der Waals surface area (Å²) >= 11 is 0. The van der Waals surface area contributed by atoms with Gasteiger partial charge in [0.2, 0.25) is 5.75 Å². The van der Waals surface area contributed by atoms with Crippen molar-refractivity contribution in [3.05, 3.63) is 47.8 Å². The van der Waals surface area contributed by atoms with Crippen molar-refractivity contribution in [2.45, 2.75) is 13.0 Å². The van der Waals surface area contributed by atoms with E-state index in [-0.39, 0.29) is 11.3 Å². The highest BCUT2D eigenvalue weighted by Gasteiger charge is 2.24. The third-order valence-corrected chi connectivity index (χ3v) is 3.85. The summed E-state index contributed by atoms with van der Waals surface area (Å²) in [6, 6.07) is 8.61. The number of hydrogen-bond acceptors (Lipinski definition) is 6. The van der Waals surface area contributed by atoms with Crippen molar-refractivity contribution in [1.29, 1.82) is 0 Å². The van der Waals surface area contributed by atoms with Crippen LogP contribution in [-0.2, 0) is 9.53 Å². The van der Waals surface area contributed by atoms with Gasteiger partial charge in [0.15, 0.2) is 17.6 Å². The first kappa shape index (κ1) is 18.5. The molecule has 0 bridgehead atoms. The van der Waals surface area contributed by atoms with Crippen molar-refractivity contribution < 1.29 is 32.9 Å². The Morgan fingerprint density at radius 1 is 1.19 bits per heavy atom. The van der Waals surface area contributed by atoms with Gasteiger partial charge in [0.25, 0.3) is 5.91 Å². The Morgan fingerprint density at radius 3 is 2.67 bits per heavy atom. The smallest absolute Gasteiger partial charge is 0.339 e. The number of halogens is 1. The van der Waals surface area contributed by atoms with Gasteiger partial charge >= 0.3 is 5.97 Å². The quantitative estimate of drug-likeness (QED) is 0.809. The van der Waals surface area contributed by atoms with E-state index >= 15 is 0 Å². The van der Waals surface area contributed by atoms with Crippen LogP contribution in [0.15, 0.2) is 36.4 Å². The monoisotopic (exact) mass is 375 g/mol. The fourth-order valence-electron chi connectivity index (χ4n) is 2.47. The van der Waals surface area contributed by atoms with E-state index in [1.54, 1.807) is 6.07 Å². The number of benzene rings is 2. The summed E-state index contributed by atoms with van der Waals surface area (Å²) < 4.78 is 35.0. The molecular formula is C19H18FNO6. The first-order chi connectivity index (χ1) is 13.0. The number of fused-ring (bicyclic) bond motifs is 1. The molecular weight excluding hydrogens is 357 g/mol. The van der Waals surface area contributed by atoms with Crippen LogP contribution in [-0.4, -0.2) is 38.3 Å². The predicted molar refractivity (Wildman–Crippen MR) is 93.9 cm³/mol. The minimum atomic E-state index is -1.14. The number of rotatable bonds is 5. The Kier molecular flexibility index (Phi) is 5.44. The number of ether oxygens (including phenoxy) is 4. The number of methoxy groups -OCH3 is 1. The van der Waals surface area contributed by atoms with Crippen molar-refractivity contribution in [1.82, 2.24) is 0 Å². The molecule has 142 valence electrons. The number of hydrogen-bond donors (Lipinski definition) is 1. The van der Waals surface area contributed by atoms with Gasteiger partial charge in [-0.05, 0) is 31.2 Å². The van der Waals surface area contributed by atoms with Gasteiger partial charge in [-0.2, -0.15) is 0 Å². The number of para-hydroxylation sites is 1. The van der Waals surface area contributed by atoms with Crippen LogP contribution in [0.5, 0.6) is 17.2 Å². The second kappa shape index (κ2) is 7.94. The number of amides is 1. The average Bonchev–Trinajstić information content (AvgIpc) is 2.68. The standard InChI is InChI=1S/C19H18FNO6/c1-11(18(22)21-14-6-4-3-5-13(14)20)27-19(23)12-9-15(24-2)17-16(10-12)25-7-8-26-17/h3-6,9-11H,7-8H2,1-2H3,(H,21,22)/t11-/m1/s1. The van der Waals surface area contributed by atoms with Crippen LogP contribution in [0, 0.1) is 5.82 Å². The Balaban J connectivity index is 1.71. The van der Waals surface area contributed by atoms with Crippen molar-refractivity contribution in [3.8, 4) is 17.2 Å². The maximum Gasteiger partial charge on any atom is 0.339 e. The second-order valence-corrected chi connectivity index (χ2v) is 5.72. The lowest BCUT2D eigenvalue weighted by Crippen LogP contribution is -2.30. The minimum Gasteiger partial charge on any atom is -0.493 e. The van der Waals surface area contributed by atoms with Gasteiger partial charge in [0, 0.05) is 0 Å². The van der Waals surface area contributed by atoms with Gasteiger partial charge < -0.3 is 24.3 Å². The maximum atomic E-state index is 13.6. The van der Waals surface area contributed by atoms with Gasteiger partial charge in [-0.3, -0.25) is 4.79 Å². The van der Waals surface area contributed by atoms with Crippen molar-refractivity contribution in [2.75, 3.05) is 25.6 Å². The average molecular weight is 375 g/mol. The molecule has 8 heteroatoms. The molecule has 0 spiro atoms. The van der Waals surface area contributed by atoms with E-state index in [9.17, 15) is 14.0 Å². The highest BCUT2D eigenvalue weighted by Crippen LogP contribution is 2.40. The molecule has 1 atom stereocenters. The number of anilines is 1. The number of esters is 1. The molecule has 2 aromatic rings. The highest BCUT2D eigenvalue weighted by molar-refractivity contribution is 5.97. The topological polar surface area (TPSA) is 83.1 Å². The van der Waals surface area contributed by atoms with E-state index in [0.717, 1.165) is 0 Å². The van der Waals surface area contributed by atoms with Crippen LogP contribution >= 0.6 is 0 Å². The van der Waals surface area contributed by atoms with E-state index in [4.69, 9.17) is 18.9 Å². The molecule has 0 radical (unpaired) electrons. The Bertz CT molecular complexity index is 852. The Hall–Kier alpha value is -3.29. The lowest BCUT2D eigenvalue weighted by molar-refractivity contribution is -0.123. The molecule has 0 saturated carbocycles. The number of carbonyl (C=O) groups is 2. The highest BCUT2D eigenvalue weighted by atomic mass is 19.1. The minimum absolute atomic E-state index is 0.00592. The maximum absolute atomic E-state index is 13.6. The Labute approximate surface area is 155 Å². The molecule has 1 heterocycles. The number of carbonyl (C=O) groups excluding carboxylic acids is 2. The zero-order valence-electron chi connectivity index (χ0n) is 14.8. The first-order valence-corrected chi connectivity index (χ1v) is 8.23. The normalized spacial score (nSPS) is 13.4. The molecule has 1 aliphatic rings. The first-order valence-electron chi connectivity index (χ1n) is 8.23. The summed E-state index contributed by atoms with van der Waals surface area (Å²) in [7, 11) is 1.44. The van der Waals surface area contributed by atoms with Gasteiger partial charge in [-0.15, -0.1) is 0 Å². The second-order valence-electron chi connectivity index (χ2n) is 5.72. The molecule has 2 aromatic carbocycles. The summed E-state index contributed by atoms with van der Waals surface area (Å²) in [6.07, 6.45) is -1.14. The Morgan fingerprint density at radius 2 is 1.93 bits per heavy atom. The van der Waals surface area contributed by atoms with Gasteiger partial charge in [0.05, 0.1) is 18.4 Å². The molecule has 1 aliphatic heterocycles. The molecule has 7 nitrogen and oxygen atoms in total. The molecule has 0 aromatic heterocycles. The van der Waals surface area contributed by atoms with Crippen molar-refractivity contribution in [3.63, 3.8) is 0 Å². The van der Waals surface area contributed by atoms with Crippen molar-refractivity contribution in [2.24, 2.45) is 0 Å². The third kappa shape index (κ3) is 4.11. The lowest BCUT2D eigenvalue weighted by Gasteiger charge is -2.21. The lowest BCUT2D eigenvalue weighted by atomic mass is 10.1. The number of nitrogens with one attached hydrogen (secondary N) is 1. The van der Waals surface area contributed by atoms with Crippen LogP contribution in [0.25, 0.3) is 0 Å². The molecule has 3 rings (SSSR count). The fourth-order valence-corrected chi connectivity index (χ4v) is 2.47. The van der Waals surface area contributed by atoms with Gasteiger partial charge in [-0.1, -0.05) is 12.1 Å². The molecule has 0 unspecified atom stereocenters. The zero-order chi connectivity index (χ0) is 19.4. The van der Waals surface area contributed by atoms with E-state index in [1.165, 1.54) is 44.4 Å². The zero-order valence-corrected chi connectivity index (χ0v) is 14.8. The molecule has 1 N–H and O–H groups in total. The van der Waals surface area contributed by atoms with E-state index in [0.29, 0.717) is 30.5 Å². The van der Waals surface area contributed by atoms with Crippen molar-refractivity contribution >= 4 is 17.6 Å². The largest absolute Gasteiger partial charge is 0.493 e. The third-order valence-electron chi connectivity index (χ3n) is 3.85. The summed E-state index contributed by atoms with van der Waals surface area (Å²) in [5.41, 5.74) is 0.146. The van der Waals surface area contributed by atoms with E-state index < -0.39 is 23.8 Å². The van der Waals surface area contributed by atoms with Gasteiger partial charge in [0.1, 0.15) is 19.0 Å². The van der Waals surface area contributed by atoms with E-state index in [1.807, 2.05) is 0 Å². The molecule has 0 saturated heterocycles. The molecule has 1 amide bonds. The van der Waals surface area contributed by atoms with Crippen LogP contribution < -0.4 is 19.5 Å².